The van der Waals surface area contributed by atoms with Gasteiger partial charge in [0.1, 0.15) is 22.9 Å². The van der Waals surface area contributed by atoms with Crippen molar-refractivity contribution < 1.29 is 47.0 Å². The molecule has 0 radical (unpaired) electrons. The summed E-state index contributed by atoms with van der Waals surface area (Å²) in [6, 6.07) is 17.2. The maximum atomic E-state index is 12.6. The predicted octanol–water partition coefficient (Wildman–Crippen LogP) is 15.1. The Labute approximate surface area is 521 Å². The summed E-state index contributed by atoms with van der Waals surface area (Å²) in [5.74, 6) is 1.62. The van der Waals surface area contributed by atoms with Crippen molar-refractivity contribution in [3.63, 3.8) is 0 Å². The summed E-state index contributed by atoms with van der Waals surface area (Å²) in [5, 5.41) is 0. The summed E-state index contributed by atoms with van der Waals surface area (Å²) in [5.41, 5.74) is 13.5. The molecule has 3 aromatic carbocycles. The first-order valence-electron chi connectivity index (χ1n) is 28.3. The van der Waals surface area contributed by atoms with Crippen molar-refractivity contribution in [2.45, 2.75) is 243 Å². The lowest BCUT2D eigenvalue weighted by molar-refractivity contribution is 0.00578. The number of fused-ring (bicyclic) bond motifs is 2. The van der Waals surface area contributed by atoms with Crippen LogP contribution in [0, 0.1) is 0 Å². The third kappa shape index (κ3) is 17.5. The molecule has 5 aromatic rings. The van der Waals surface area contributed by atoms with E-state index >= 15 is 0 Å². The topological polar surface area (TPSA) is 224 Å². The van der Waals surface area contributed by atoms with E-state index in [2.05, 4.69) is 46.8 Å². The van der Waals surface area contributed by atoms with Crippen LogP contribution in [0.2, 0.25) is 0 Å². The Balaban J connectivity index is 0.000000305. The highest BCUT2D eigenvalue weighted by Gasteiger charge is 2.64. The first-order valence-corrected chi connectivity index (χ1v) is 29.9. The number of hydrogen-bond donors (Lipinski definition) is 4. The second-order valence-electron chi connectivity index (χ2n) is 26.0. The van der Waals surface area contributed by atoms with Crippen LogP contribution in [0.5, 0.6) is 0 Å². The number of nitrogens with two attached hydrogens (primary N) is 2. The number of carbonyl (C=O) groups excluding carboxylic acids is 2. The van der Waals surface area contributed by atoms with E-state index in [1.165, 1.54) is 0 Å². The Morgan fingerprint density at radius 2 is 0.893 bits per heavy atom. The smallest absolute Gasteiger partial charge is 0.444 e. The highest BCUT2D eigenvalue weighted by Crippen LogP contribution is 2.44. The van der Waals surface area contributed by atoms with Crippen LogP contribution in [0.25, 0.3) is 22.1 Å². The zero-order chi connectivity index (χ0) is 60.6. The van der Waals surface area contributed by atoms with Gasteiger partial charge in [0, 0.05) is 22.0 Å². The van der Waals surface area contributed by atoms with Crippen LogP contribution in [0.3, 0.4) is 0 Å². The van der Waals surface area contributed by atoms with Crippen molar-refractivity contribution in [2.75, 3.05) is 24.6 Å². The maximum Gasteiger partial charge on any atom is 0.494 e. The zero-order valence-electron chi connectivity index (χ0n) is 51.6. The highest BCUT2D eigenvalue weighted by atomic mass is 79.9. The molecule has 6 N–H and O–H groups in total. The quantitative estimate of drug-likeness (QED) is 0.0971. The van der Waals surface area contributed by atoms with Crippen LogP contribution >= 0.6 is 31.9 Å². The molecule has 18 nitrogen and oxygen atoms in total. The lowest BCUT2D eigenvalue weighted by Gasteiger charge is -2.32. The predicted molar refractivity (Wildman–Crippen MR) is 352 cm³/mol. The summed E-state index contributed by atoms with van der Waals surface area (Å²) in [6.07, 6.45) is 3.11. The summed E-state index contributed by atoms with van der Waals surface area (Å²) >= 11 is 6.72. The summed E-state index contributed by atoms with van der Waals surface area (Å²) in [4.78, 5) is 44.7. The van der Waals surface area contributed by atoms with Crippen molar-refractivity contribution >= 4 is 104 Å². The van der Waals surface area contributed by atoms with Crippen molar-refractivity contribution in [3.8, 4) is 0 Å². The average molecular weight is 1300 g/mol. The molecule has 2 aromatic heterocycles. The van der Waals surface area contributed by atoms with E-state index in [1.807, 2.05) is 181 Å². The molecule has 5 fully saturated rings. The molecule has 0 aliphatic carbocycles. The van der Waals surface area contributed by atoms with E-state index in [0.717, 1.165) is 73.8 Å². The molecule has 5 saturated heterocycles. The molecule has 10 rings (SSSR count). The second-order valence-corrected chi connectivity index (χ2v) is 27.8. The standard InChI is InChI=1S/C22H32BN3O4.C16H20BrN3O2.C12H24B2O4.C6H7BrN2.C2H6.3CH4/c1-20(2,3)28-19(27)26-12-8-9-17(26)18-24-15-11-10-14(13-16(15)25-18)23-29-21(4,5)22(6,7)30-23;1-16(2,3)22-15(21)20-8-4-5-13(20)14-18-11-7-6-10(17)9-12(11)19-14;1-9(2)10(3,4)16-13(15-9)14-17-11(5,6)12(7,8)18-14;7-4-1-2-5(8)6(9)3-4;1-2;;;/h10-11,13,17H,8-9,12H2,1-7H3,(H,24,25);6-7,9,13H,4-5,8H2,1-3H3,(H,18,19);1-8H3;1-3H,8-9H2;1-2H3;3*1H4/t17-;13-;;;;;;/m00....../s1. The van der Waals surface area contributed by atoms with E-state index in [0.29, 0.717) is 24.5 Å². The number of carbonyl (C=O) groups is 2. The van der Waals surface area contributed by atoms with Gasteiger partial charge in [0.15, 0.2) is 0 Å². The van der Waals surface area contributed by atoms with Crippen LogP contribution in [0.15, 0.2) is 63.5 Å². The fourth-order valence-electron chi connectivity index (χ4n) is 9.22. The van der Waals surface area contributed by atoms with Crippen molar-refractivity contribution in [2.24, 2.45) is 0 Å². The number of amides is 2. The molecular weight excluding hydrogens is 1200 g/mol. The minimum absolute atomic E-state index is 0. The van der Waals surface area contributed by atoms with Gasteiger partial charge in [0.25, 0.3) is 0 Å². The van der Waals surface area contributed by atoms with E-state index in [-0.39, 0.29) is 80.2 Å². The normalized spacial score (nSPS) is 21.2. The number of nitrogen functional groups attached to an aromatic ring is 2. The Kier molecular flexibility index (Phi) is 24.4. The van der Waals surface area contributed by atoms with Crippen LogP contribution in [0.4, 0.5) is 21.0 Å². The van der Waals surface area contributed by atoms with Gasteiger partial charge in [0.05, 0.1) is 79.1 Å². The summed E-state index contributed by atoms with van der Waals surface area (Å²) in [7, 11) is -1.37. The van der Waals surface area contributed by atoms with Crippen LogP contribution in [-0.4, -0.2) is 121 Å². The van der Waals surface area contributed by atoms with Gasteiger partial charge in [-0.15, -0.1) is 0 Å². The fourth-order valence-corrected chi connectivity index (χ4v) is 9.96. The Bertz CT molecular complexity index is 2910. The van der Waals surface area contributed by atoms with Gasteiger partial charge < -0.3 is 58.8 Å². The summed E-state index contributed by atoms with van der Waals surface area (Å²) < 4.78 is 49.2. The number of aromatic amines is 2. The Hall–Kier alpha value is -4.35. The molecule has 2 amide bonds. The monoisotopic (exact) mass is 1300 g/mol. The highest BCUT2D eigenvalue weighted by molar-refractivity contribution is 9.10. The number of benzene rings is 3. The van der Waals surface area contributed by atoms with Gasteiger partial charge in [-0.05, 0) is 204 Å². The molecule has 0 bridgehead atoms. The van der Waals surface area contributed by atoms with Gasteiger partial charge in [-0.3, -0.25) is 9.80 Å². The molecule has 2 atom stereocenters. The number of likely N-dealkylation sites (tertiary alicyclic amines) is 2. The molecule has 0 spiro atoms. The van der Waals surface area contributed by atoms with Gasteiger partial charge >= 0.3 is 33.3 Å². The first kappa shape index (κ1) is 73.9. The molecule has 468 valence electrons. The minimum atomic E-state index is -0.518. The molecule has 5 aliphatic rings. The Morgan fingerprint density at radius 1 is 0.548 bits per heavy atom. The number of halogens is 2. The number of rotatable bonds is 4. The van der Waals surface area contributed by atoms with E-state index in [4.69, 9.17) is 53.9 Å². The van der Waals surface area contributed by atoms with Gasteiger partial charge in [-0.2, -0.15) is 0 Å². The molecule has 7 heterocycles. The van der Waals surface area contributed by atoms with Crippen LogP contribution in [0.1, 0.15) is 210 Å². The number of H-pyrrole nitrogens is 2. The average Bonchev–Trinajstić information content (AvgIpc) is 4.43. The number of anilines is 2. The lowest BCUT2D eigenvalue weighted by Crippen LogP contribution is -2.41. The van der Waals surface area contributed by atoms with E-state index in [1.54, 1.807) is 21.9 Å². The molecule has 5 aliphatic heterocycles. The number of imidazole rings is 2. The number of aromatic nitrogens is 4. The van der Waals surface area contributed by atoms with Gasteiger partial charge in [-0.25, -0.2) is 19.6 Å². The minimum Gasteiger partial charge on any atom is -0.444 e. The SMILES string of the molecule is C.C.C.CC.CC(C)(C)OC(=O)N1CCC[C@H]1c1nc2ccc(B3OC(C)(C)C(C)(C)O3)cc2[nH]1.CC(C)(C)OC(=O)N1CCC[C@H]1c1nc2ccc(Br)cc2[nH]1.CC1(C)OB(B2OC(C)(C)C(C)(C)O2)OC1(C)C.Nc1ccc(Br)cc1N. The summed E-state index contributed by atoms with van der Waals surface area (Å²) in [6.45, 7) is 41.1. The molecular formula is C61H101B3Br2N8O10. The van der Waals surface area contributed by atoms with Gasteiger partial charge in [-0.1, -0.05) is 74.1 Å². The number of hydrogen-bond acceptors (Lipinski definition) is 14. The second kappa shape index (κ2) is 27.8. The Morgan fingerprint density at radius 3 is 1.26 bits per heavy atom. The van der Waals surface area contributed by atoms with E-state index < -0.39 is 32.3 Å². The number of nitrogens with zero attached hydrogens (tertiary/aromatic N) is 4. The van der Waals surface area contributed by atoms with Crippen molar-refractivity contribution in [3.05, 3.63) is 75.2 Å². The fraction of sp³-hybridized carbons (Fsp3) is 0.639. The van der Waals surface area contributed by atoms with E-state index in [9.17, 15) is 9.59 Å². The van der Waals surface area contributed by atoms with Crippen LogP contribution < -0.4 is 16.9 Å². The molecule has 84 heavy (non-hydrogen) atoms. The molecule has 0 saturated carbocycles. The zero-order valence-corrected chi connectivity index (χ0v) is 54.8. The molecule has 23 heteroatoms. The van der Waals surface area contributed by atoms with Crippen LogP contribution in [-0.2, 0) is 37.4 Å². The maximum absolute atomic E-state index is 12.6. The number of ether oxygens (including phenoxy) is 2. The largest absolute Gasteiger partial charge is 0.494 e. The van der Waals surface area contributed by atoms with Crippen molar-refractivity contribution in [1.29, 1.82) is 0 Å². The lowest BCUT2D eigenvalue weighted by atomic mass is 9.49. The number of nitrogens with one attached hydrogen (secondary N) is 2. The van der Waals surface area contributed by atoms with Crippen molar-refractivity contribution in [1.82, 2.24) is 29.7 Å². The first-order chi connectivity index (χ1) is 37.3. The van der Waals surface area contributed by atoms with Gasteiger partial charge in [0.2, 0.25) is 0 Å². The molecule has 0 unspecified atom stereocenters. The third-order valence-electron chi connectivity index (χ3n) is 15.7. The third-order valence-corrected chi connectivity index (χ3v) is 16.7.